The first-order valence-electron chi connectivity index (χ1n) is 8.95. The molecule has 4 rings (SSSR count). The van der Waals surface area contributed by atoms with Crippen LogP contribution in [-0.4, -0.2) is 30.2 Å². The highest BCUT2D eigenvalue weighted by molar-refractivity contribution is 7.14. The van der Waals surface area contributed by atoms with E-state index in [1.54, 1.807) is 31.2 Å². The van der Waals surface area contributed by atoms with Crippen LogP contribution in [0, 0.1) is 11.3 Å². The molecule has 146 valence electrons. The van der Waals surface area contributed by atoms with E-state index in [0.29, 0.717) is 35.4 Å². The maximum absolute atomic E-state index is 12.4. The minimum Gasteiger partial charge on any atom is -0.486 e. The maximum atomic E-state index is 12.4. The molecule has 0 fully saturated rings. The molecule has 0 bridgehead atoms. The van der Waals surface area contributed by atoms with Gasteiger partial charge in [-0.2, -0.15) is 5.26 Å². The Morgan fingerprint density at radius 1 is 1.21 bits per heavy atom. The first-order valence-corrected chi connectivity index (χ1v) is 9.83. The molecular weight excluding hydrogens is 390 g/mol. The Morgan fingerprint density at radius 2 is 1.97 bits per heavy atom. The number of carbonyl (C=O) groups is 1. The van der Waals surface area contributed by atoms with E-state index < -0.39 is 6.10 Å². The lowest BCUT2D eigenvalue weighted by atomic mass is 10.1. The number of aromatic nitrogens is 1. The number of hydrogen-bond donors (Lipinski definition) is 1. The summed E-state index contributed by atoms with van der Waals surface area (Å²) in [6.07, 6.45) is -0.718. The number of hydrogen-bond acceptors (Lipinski definition) is 7. The summed E-state index contributed by atoms with van der Waals surface area (Å²) in [5, 5.41) is 14.0. The van der Waals surface area contributed by atoms with Gasteiger partial charge in [0.25, 0.3) is 5.91 Å². The molecule has 0 spiro atoms. The maximum Gasteiger partial charge on any atom is 0.266 e. The van der Waals surface area contributed by atoms with Gasteiger partial charge in [0.15, 0.2) is 22.7 Å². The minimum atomic E-state index is -0.718. The zero-order chi connectivity index (χ0) is 20.2. The summed E-state index contributed by atoms with van der Waals surface area (Å²) < 4.78 is 16.8. The van der Waals surface area contributed by atoms with Gasteiger partial charge in [0.2, 0.25) is 0 Å². The van der Waals surface area contributed by atoms with E-state index >= 15 is 0 Å². The van der Waals surface area contributed by atoms with Gasteiger partial charge in [-0.25, -0.2) is 4.98 Å². The van der Waals surface area contributed by atoms with E-state index in [1.807, 2.05) is 29.6 Å². The van der Waals surface area contributed by atoms with Crippen LogP contribution in [-0.2, 0) is 4.79 Å². The van der Waals surface area contributed by atoms with Crippen LogP contribution >= 0.6 is 11.3 Å². The van der Waals surface area contributed by atoms with E-state index in [4.69, 9.17) is 19.5 Å². The lowest BCUT2D eigenvalue weighted by molar-refractivity contribution is -0.122. The monoisotopic (exact) mass is 407 g/mol. The van der Waals surface area contributed by atoms with Crippen molar-refractivity contribution in [1.82, 2.24) is 4.98 Å². The Bertz CT molecular complexity index is 1070. The normalized spacial score (nSPS) is 13.2. The zero-order valence-corrected chi connectivity index (χ0v) is 16.4. The predicted octanol–water partition coefficient (Wildman–Crippen LogP) is 3.86. The Morgan fingerprint density at radius 3 is 2.72 bits per heavy atom. The average Bonchev–Trinajstić information content (AvgIpc) is 3.22. The molecule has 0 radical (unpaired) electrons. The van der Waals surface area contributed by atoms with Crippen molar-refractivity contribution in [3.8, 4) is 34.6 Å². The fraction of sp³-hybridized carbons (Fsp3) is 0.190. The van der Waals surface area contributed by atoms with Gasteiger partial charge in [0.05, 0.1) is 17.3 Å². The van der Waals surface area contributed by atoms with Crippen molar-refractivity contribution in [3.05, 3.63) is 53.4 Å². The van der Waals surface area contributed by atoms with Crippen molar-refractivity contribution in [2.45, 2.75) is 13.0 Å². The average molecular weight is 407 g/mol. The van der Waals surface area contributed by atoms with Crippen molar-refractivity contribution in [3.63, 3.8) is 0 Å². The van der Waals surface area contributed by atoms with Crippen molar-refractivity contribution in [2.75, 3.05) is 18.5 Å². The van der Waals surface area contributed by atoms with Gasteiger partial charge in [-0.3, -0.25) is 10.1 Å². The number of ether oxygens (including phenoxy) is 3. The predicted molar refractivity (Wildman–Crippen MR) is 108 cm³/mol. The van der Waals surface area contributed by atoms with E-state index in [0.717, 1.165) is 17.0 Å². The van der Waals surface area contributed by atoms with E-state index in [2.05, 4.69) is 10.3 Å². The smallest absolute Gasteiger partial charge is 0.266 e. The zero-order valence-electron chi connectivity index (χ0n) is 15.5. The molecule has 1 aliphatic heterocycles. The van der Waals surface area contributed by atoms with Gasteiger partial charge in [0.1, 0.15) is 19.0 Å². The summed E-state index contributed by atoms with van der Waals surface area (Å²) in [5.41, 5.74) is 2.15. The Kier molecular flexibility index (Phi) is 5.31. The molecule has 1 N–H and O–H groups in total. The van der Waals surface area contributed by atoms with Gasteiger partial charge < -0.3 is 14.2 Å². The number of carbonyl (C=O) groups excluding carboxylic acids is 1. The van der Waals surface area contributed by atoms with Crippen LogP contribution < -0.4 is 19.5 Å². The number of benzene rings is 2. The highest BCUT2D eigenvalue weighted by Crippen LogP contribution is 2.35. The van der Waals surface area contributed by atoms with Crippen LogP contribution in [0.25, 0.3) is 11.3 Å². The number of rotatable bonds is 5. The summed E-state index contributed by atoms with van der Waals surface area (Å²) in [5.74, 6) is 1.62. The standard InChI is InChI=1S/C21H17N3O4S/c1-13(28-16-5-2-14(11-22)3-6-16)20(25)24-21-23-17(12-29-21)15-4-7-18-19(10-15)27-9-8-26-18/h2-7,10,12-13H,8-9H2,1H3,(H,23,24,25). The fourth-order valence-corrected chi connectivity index (χ4v) is 3.46. The highest BCUT2D eigenvalue weighted by atomic mass is 32.1. The second-order valence-corrected chi connectivity index (χ2v) is 7.14. The third kappa shape index (κ3) is 4.31. The van der Waals surface area contributed by atoms with Gasteiger partial charge in [-0.1, -0.05) is 0 Å². The quantitative estimate of drug-likeness (QED) is 0.690. The molecule has 1 aliphatic rings. The molecule has 1 unspecified atom stereocenters. The van der Waals surface area contributed by atoms with Crippen LogP contribution in [0.5, 0.6) is 17.2 Å². The van der Waals surface area contributed by atoms with Crippen molar-refractivity contribution < 1.29 is 19.0 Å². The van der Waals surface area contributed by atoms with Crippen LogP contribution in [0.1, 0.15) is 12.5 Å². The van der Waals surface area contributed by atoms with E-state index in [1.165, 1.54) is 11.3 Å². The van der Waals surface area contributed by atoms with Crippen LogP contribution in [0.15, 0.2) is 47.8 Å². The second kappa shape index (κ2) is 8.20. The molecule has 2 heterocycles. The molecule has 29 heavy (non-hydrogen) atoms. The summed E-state index contributed by atoms with van der Waals surface area (Å²) >= 11 is 1.33. The van der Waals surface area contributed by atoms with Gasteiger partial charge >= 0.3 is 0 Å². The molecule has 2 aromatic carbocycles. The van der Waals surface area contributed by atoms with Crippen LogP contribution in [0.3, 0.4) is 0 Å². The molecule has 1 aromatic heterocycles. The SMILES string of the molecule is CC(Oc1ccc(C#N)cc1)C(=O)Nc1nc(-c2ccc3c(c2)OCCO3)cs1. The Labute approximate surface area is 171 Å². The van der Waals surface area contributed by atoms with Gasteiger partial charge in [0, 0.05) is 10.9 Å². The number of nitrogens with one attached hydrogen (secondary N) is 1. The molecule has 8 heteroatoms. The van der Waals surface area contributed by atoms with Crippen molar-refractivity contribution >= 4 is 22.4 Å². The summed E-state index contributed by atoms with van der Waals surface area (Å²) in [7, 11) is 0. The lowest BCUT2D eigenvalue weighted by Crippen LogP contribution is -2.30. The molecule has 1 atom stereocenters. The van der Waals surface area contributed by atoms with Crippen LogP contribution in [0.4, 0.5) is 5.13 Å². The summed E-state index contributed by atoms with van der Waals surface area (Å²) in [6.45, 7) is 2.72. The molecule has 3 aromatic rings. The molecule has 7 nitrogen and oxygen atoms in total. The second-order valence-electron chi connectivity index (χ2n) is 6.28. The van der Waals surface area contributed by atoms with Gasteiger partial charge in [-0.05, 0) is 49.4 Å². The molecule has 1 amide bonds. The first-order chi connectivity index (χ1) is 14.1. The molecule has 0 aliphatic carbocycles. The van der Waals surface area contributed by atoms with Crippen LogP contribution in [0.2, 0.25) is 0 Å². The molecule has 0 saturated carbocycles. The number of fused-ring (bicyclic) bond motifs is 1. The third-order valence-electron chi connectivity index (χ3n) is 4.24. The van der Waals surface area contributed by atoms with E-state index in [9.17, 15) is 4.79 Å². The number of anilines is 1. The lowest BCUT2D eigenvalue weighted by Gasteiger charge is -2.18. The van der Waals surface area contributed by atoms with Gasteiger partial charge in [-0.15, -0.1) is 11.3 Å². The number of thiazole rings is 1. The molecular formula is C21H17N3O4S. The highest BCUT2D eigenvalue weighted by Gasteiger charge is 2.18. The number of nitriles is 1. The summed E-state index contributed by atoms with van der Waals surface area (Å²) in [4.78, 5) is 16.9. The molecule has 0 saturated heterocycles. The number of nitrogens with zero attached hydrogens (tertiary/aromatic N) is 2. The van der Waals surface area contributed by atoms with E-state index in [-0.39, 0.29) is 5.91 Å². The Balaban J connectivity index is 1.40. The summed E-state index contributed by atoms with van der Waals surface area (Å²) in [6, 6.07) is 14.3. The van der Waals surface area contributed by atoms with Crippen molar-refractivity contribution in [2.24, 2.45) is 0 Å². The minimum absolute atomic E-state index is 0.308. The van der Waals surface area contributed by atoms with Crippen molar-refractivity contribution in [1.29, 1.82) is 5.26 Å². The Hall–Kier alpha value is -3.57. The largest absolute Gasteiger partial charge is 0.486 e. The topological polar surface area (TPSA) is 93.5 Å². The fourth-order valence-electron chi connectivity index (χ4n) is 2.74. The number of amides is 1. The first kappa shape index (κ1) is 18.8. The third-order valence-corrected chi connectivity index (χ3v) is 5.00.